The minimum atomic E-state index is -0.0929. The third-order valence-corrected chi connectivity index (χ3v) is 5.48. The van der Waals surface area contributed by atoms with E-state index in [9.17, 15) is 4.79 Å². The molecule has 0 saturated heterocycles. The Hall–Kier alpha value is -3.26. The van der Waals surface area contributed by atoms with Crippen LogP contribution in [0.15, 0.2) is 47.3 Å². The molecular formula is C24H28N2O5S. The summed E-state index contributed by atoms with van der Waals surface area (Å²) in [6.45, 7) is 5.77. The van der Waals surface area contributed by atoms with Gasteiger partial charge in [0.1, 0.15) is 6.61 Å². The fourth-order valence-electron chi connectivity index (χ4n) is 3.20. The molecule has 0 saturated carbocycles. The second-order valence-electron chi connectivity index (χ2n) is 6.87. The molecule has 0 bridgehead atoms. The number of aromatic nitrogens is 1. The Morgan fingerprint density at radius 3 is 2.34 bits per heavy atom. The number of ether oxygens (including phenoxy) is 4. The first-order valence-corrected chi connectivity index (χ1v) is 11.3. The molecule has 3 aromatic rings. The normalized spacial score (nSPS) is 10.5. The summed E-state index contributed by atoms with van der Waals surface area (Å²) >= 11 is 1.52. The largest absolute Gasteiger partial charge is 0.493 e. The van der Waals surface area contributed by atoms with Crippen molar-refractivity contribution in [2.24, 2.45) is 0 Å². The van der Waals surface area contributed by atoms with Crippen LogP contribution in [0.4, 0.5) is 0 Å². The predicted molar refractivity (Wildman–Crippen MR) is 124 cm³/mol. The molecule has 3 rings (SSSR count). The molecule has 7 nitrogen and oxygen atoms in total. The van der Waals surface area contributed by atoms with Crippen LogP contribution in [0.2, 0.25) is 0 Å². The van der Waals surface area contributed by atoms with Gasteiger partial charge >= 0.3 is 0 Å². The summed E-state index contributed by atoms with van der Waals surface area (Å²) in [6.07, 6.45) is 0. The third-order valence-electron chi connectivity index (χ3n) is 4.84. The monoisotopic (exact) mass is 456 g/mol. The zero-order valence-corrected chi connectivity index (χ0v) is 19.6. The van der Waals surface area contributed by atoms with Gasteiger partial charge in [0.05, 0.1) is 32.0 Å². The molecule has 0 aliphatic carbocycles. The number of benzene rings is 2. The third kappa shape index (κ3) is 5.70. The molecule has 0 atom stereocenters. The maximum Gasteiger partial charge on any atom is 0.254 e. The van der Waals surface area contributed by atoms with E-state index >= 15 is 0 Å². The van der Waals surface area contributed by atoms with E-state index in [4.69, 9.17) is 18.9 Å². The molecule has 0 spiro atoms. The Labute approximate surface area is 192 Å². The summed E-state index contributed by atoms with van der Waals surface area (Å²) in [5, 5.41) is 1.93. The molecule has 0 aliphatic rings. The van der Waals surface area contributed by atoms with Crippen LogP contribution >= 0.6 is 11.3 Å². The van der Waals surface area contributed by atoms with E-state index < -0.39 is 0 Å². The fourth-order valence-corrected chi connectivity index (χ4v) is 3.74. The lowest BCUT2D eigenvalue weighted by Gasteiger charge is -2.22. The molecule has 0 N–H and O–H groups in total. The van der Waals surface area contributed by atoms with Crippen LogP contribution in [0.25, 0.3) is 0 Å². The van der Waals surface area contributed by atoms with Crippen molar-refractivity contribution in [2.45, 2.75) is 27.0 Å². The number of hydrogen-bond donors (Lipinski definition) is 0. The lowest BCUT2D eigenvalue weighted by atomic mass is 10.1. The van der Waals surface area contributed by atoms with Gasteiger partial charge in [-0.3, -0.25) is 4.79 Å². The van der Waals surface area contributed by atoms with E-state index in [1.807, 2.05) is 37.4 Å². The number of thiazole rings is 1. The highest BCUT2D eigenvalue weighted by Crippen LogP contribution is 2.31. The van der Waals surface area contributed by atoms with Gasteiger partial charge in [0.2, 0.25) is 0 Å². The smallest absolute Gasteiger partial charge is 0.254 e. The quantitative estimate of drug-likeness (QED) is 0.413. The molecule has 1 amide bonds. The van der Waals surface area contributed by atoms with E-state index in [1.165, 1.54) is 11.3 Å². The Morgan fingerprint density at radius 1 is 0.969 bits per heavy atom. The number of hydrogen-bond acceptors (Lipinski definition) is 7. The highest BCUT2D eigenvalue weighted by Gasteiger charge is 2.18. The second-order valence-corrected chi connectivity index (χ2v) is 7.59. The highest BCUT2D eigenvalue weighted by molar-refractivity contribution is 7.07. The summed E-state index contributed by atoms with van der Waals surface area (Å²) in [7, 11) is 3.16. The molecule has 1 heterocycles. The molecule has 2 aromatic carbocycles. The number of methoxy groups -OCH3 is 2. The molecule has 0 unspecified atom stereocenters. The van der Waals surface area contributed by atoms with Crippen molar-refractivity contribution >= 4 is 17.2 Å². The highest BCUT2D eigenvalue weighted by atomic mass is 32.1. The van der Waals surface area contributed by atoms with Crippen molar-refractivity contribution in [1.82, 2.24) is 9.88 Å². The SMILES string of the molecule is CCOc1ccc(CN(CC)C(=O)c2ccc(OCc3cscn3)c(OC)c2)cc1OC. The summed E-state index contributed by atoms with van der Waals surface area (Å²) in [6, 6.07) is 10.9. The van der Waals surface area contributed by atoms with Crippen LogP contribution in [0.5, 0.6) is 23.0 Å². The Morgan fingerprint density at radius 2 is 1.69 bits per heavy atom. The Bertz CT molecular complexity index is 1020. The molecule has 8 heteroatoms. The van der Waals surface area contributed by atoms with Crippen molar-refractivity contribution in [3.8, 4) is 23.0 Å². The van der Waals surface area contributed by atoms with Crippen LogP contribution < -0.4 is 18.9 Å². The van der Waals surface area contributed by atoms with Gasteiger partial charge in [-0.25, -0.2) is 4.98 Å². The molecular weight excluding hydrogens is 428 g/mol. The Kier molecular flexibility index (Phi) is 8.33. The number of rotatable bonds is 11. The summed E-state index contributed by atoms with van der Waals surface area (Å²) in [5.41, 5.74) is 4.09. The Balaban J connectivity index is 1.74. The fraction of sp³-hybridized carbons (Fsp3) is 0.333. The van der Waals surface area contributed by atoms with Crippen molar-refractivity contribution in [2.75, 3.05) is 27.4 Å². The van der Waals surface area contributed by atoms with Crippen molar-refractivity contribution in [3.63, 3.8) is 0 Å². The number of amides is 1. The van der Waals surface area contributed by atoms with Crippen LogP contribution in [0, 0.1) is 0 Å². The standard InChI is InChI=1S/C24H28N2O5S/c1-5-26(13-17-7-9-20(30-6-2)22(11-17)28-3)24(27)18-8-10-21(23(12-18)29-4)31-14-19-15-32-16-25-19/h7-12,15-16H,5-6,13-14H2,1-4H3. The molecule has 0 aliphatic heterocycles. The summed E-state index contributed by atoms with van der Waals surface area (Å²) in [4.78, 5) is 19.2. The van der Waals surface area contributed by atoms with E-state index in [0.29, 0.717) is 54.9 Å². The average Bonchev–Trinajstić information content (AvgIpc) is 3.35. The molecule has 170 valence electrons. The van der Waals surface area contributed by atoms with Gasteiger partial charge in [-0.2, -0.15) is 0 Å². The average molecular weight is 457 g/mol. The van der Waals surface area contributed by atoms with Crippen LogP contribution in [0.1, 0.15) is 35.5 Å². The lowest BCUT2D eigenvalue weighted by Crippen LogP contribution is -2.30. The van der Waals surface area contributed by atoms with E-state index in [-0.39, 0.29) is 5.91 Å². The molecule has 32 heavy (non-hydrogen) atoms. The van der Waals surface area contributed by atoms with E-state index in [2.05, 4.69) is 4.98 Å². The van der Waals surface area contributed by atoms with Crippen molar-refractivity contribution < 1.29 is 23.7 Å². The van der Waals surface area contributed by atoms with Gasteiger partial charge in [0, 0.05) is 24.0 Å². The first-order chi connectivity index (χ1) is 15.6. The summed E-state index contributed by atoms with van der Waals surface area (Å²) in [5.74, 6) is 2.31. The van der Waals surface area contributed by atoms with Crippen LogP contribution in [0.3, 0.4) is 0 Å². The molecule has 1 aromatic heterocycles. The second kappa shape index (κ2) is 11.4. The maximum atomic E-state index is 13.2. The van der Waals surface area contributed by atoms with Gasteiger partial charge in [0.15, 0.2) is 23.0 Å². The lowest BCUT2D eigenvalue weighted by molar-refractivity contribution is 0.0752. The number of carbonyl (C=O) groups excluding carboxylic acids is 1. The number of carbonyl (C=O) groups is 1. The zero-order chi connectivity index (χ0) is 22.9. The van der Waals surface area contributed by atoms with Crippen LogP contribution in [-0.4, -0.2) is 43.2 Å². The van der Waals surface area contributed by atoms with Crippen LogP contribution in [-0.2, 0) is 13.2 Å². The summed E-state index contributed by atoms with van der Waals surface area (Å²) < 4.78 is 22.3. The molecule has 0 radical (unpaired) electrons. The van der Waals surface area contributed by atoms with Gasteiger partial charge in [-0.15, -0.1) is 11.3 Å². The first-order valence-electron chi connectivity index (χ1n) is 10.4. The topological polar surface area (TPSA) is 70.1 Å². The minimum Gasteiger partial charge on any atom is -0.493 e. The zero-order valence-electron chi connectivity index (χ0n) is 18.8. The van der Waals surface area contributed by atoms with Gasteiger partial charge in [-0.1, -0.05) is 6.07 Å². The molecule has 0 fully saturated rings. The van der Waals surface area contributed by atoms with Crippen molar-refractivity contribution in [3.05, 3.63) is 64.1 Å². The van der Waals surface area contributed by atoms with Gasteiger partial charge in [-0.05, 0) is 49.7 Å². The maximum absolute atomic E-state index is 13.2. The van der Waals surface area contributed by atoms with E-state index in [0.717, 1.165) is 11.3 Å². The first kappa shape index (κ1) is 23.4. The predicted octanol–water partition coefficient (Wildman–Crippen LogP) is 4.80. The van der Waals surface area contributed by atoms with Crippen molar-refractivity contribution in [1.29, 1.82) is 0 Å². The van der Waals surface area contributed by atoms with Gasteiger partial charge in [0.25, 0.3) is 5.91 Å². The minimum absolute atomic E-state index is 0.0929. The number of nitrogens with zero attached hydrogens (tertiary/aromatic N) is 2. The van der Waals surface area contributed by atoms with Gasteiger partial charge < -0.3 is 23.8 Å². The van der Waals surface area contributed by atoms with E-state index in [1.54, 1.807) is 42.8 Å².